The number of nitrogens with zero attached hydrogens (tertiary/aromatic N) is 1. The van der Waals surface area contributed by atoms with Gasteiger partial charge in [0.15, 0.2) is 0 Å². The second-order valence-electron chi connectivity index (χ2n) is 5.67. The molecule has 1 N–H and O–H groups in total. The highest BCUT2D eigenvalue weighted by molar-refractivity contribution is 5.79. The maximum Gasteiger partial charge on any atom is 0.224 e. The maximum absolute atomic E-state index is 11.9. The van der Waals surface area contributed by atoms with Crippen LogP contribution in [0.2, 0.25) is 0 Å². The number of hydrogen-bond acceptors (Lipinski definition) is 2. The lowest BCUT2D eigenvalue weighted by Crippen LogP contribution is -2.32. The Morgan fingerprint density at radius 2 is 2.00 bits per heavy atom. The summed E-state index contributed by atoms with van der Waals surface area (Å²) < 4.78 is 0. The van der Waals surface area contributed by atoms with Crippen molar-refractivity contribution >= 4 is 5.91 Å². The largest absolute Gasteiger partial charge is 0.355 e. The van der Waals surface area contributed by atoms with Crippen molar-refractivity contribution in [3.63, 3.8) is 0 Å². The number of likely N-dealkylation sites (N-methyl/N-ethyl adjacent to an activating group) is 1. The third-order valence-electron chi connectivity index (χ3n) is 3.27. The number of carbonyl (C=O) groups is 1. The highest BCUT2D eigenvalue weighted by Gasteiger charge is 2.08. The summed E-state index contributed by atoms with van der Waals surface area (Å²) in [5.41, 5.74) is 3.61. The summed E-state index contributed by atoms with van der Waals surface area (Å²) in [7, 11) is 4.00. The Bertz CT molecular complexity index is 425. The normalized spacial score (nSPS) is 11.1. The Morgan fingerprint density at radius 3 is 2.58 bits per heavy atom. The fourth-order valence-corrected chi connectivity index (χ4v) is 1.90. The van der Waals surface area contributed by atoms with Crippen molar-refractivity contribution in [3.05, 3.63) is 34.9 Å². The van der Waals surface area contributed by atoms with Crippen LogP contribution in [0.4, 0.5) is 0 Å². The number of rotatable bonds is 6. The van der Waals surface area contributed by atoms with E-state index in [1.54, 1.807) is 0 Å². The third-order valence-corrected chi connectivity index (χ3v) is 3.27. The molecular formula is C16H26N2O. The van der Waals surface area contributed by atoms with Gasteiger partial charge in [-0.2, -0.15) is 0 Å². The molecule has 0 aromatic heterocycles. The molecule has 0 unspecified atom stereocenters. The van der Waals surface area contributed by atoms with Gasteiger partial charge >= 0.3 is 0 Å². The van der Waals surface area contributed by atoms with Crippen LogP contribution < -0.4 is 5.32 Å². The average Bonchev–Trinajstić information content (AvgIpc) is 2.31. The van der Waals surface area contributed by atoms with Gasteiger partial charge in [-0.1, -0.05) is 32.0 Å². The molecule has 0 fully saturated rings. The molecule has 3 nitrogen and oxygen atoms in total. The molecule has 0 aliphatic heterocycles. The molecule has 0 radical (unpaired) electrons. The van der Waals surface area contributed by atoms with Crippen LogP contribution in [-0.2, 0) is 11.2 Å². The van der Waals surface area contributed by atoms with E-state index in [9.17, 15) is 4.79 Å². The SMILES string of the molecule is Cc1ccc(C(C)C)cc1CC(=O)NCCN(C)C. The molecule has 106 valence electrons. The van der Waals surface area contributed by atoms with E-state index in [4.69, 9.17) is 0 Å². The van der Waals surface area contributed by atoms with Crippen molar-refractivity contribution in [2.45, 2.75) is 33.1 Å². The van der Waals surface area contributed by atoms with E-state index in [0.29, 0.717) is 18.9 Å². The second-order valence-corrected chi connectivity index (χ2v) is 5.67. The molecule has 0 bridgehead atoms. The van der Waals surface area contributed by atoms with Crippen molar-refractivity contribution in [2.24, 2.45) is 0 Å². The van der Waals surface area contributed by atoms with Gasteiger partial charge in [0, 0.05) is 13.1 Å². The zero-order valence-electron chi connectivity index (χ0n) is 12.8. The fraction of sp³-hybridized carbons (Fsp3) is 0.562. The topological polar surface area (TPSA) is 32.3 Å². The molecular weight excluding hydrogens is 236 g/mol. The summed E-state index contributed by atoms with van der Waals surface area (Å²) in [6.07, 6.45) is 0.472. The van der Waals surface area contributed by atoms with E-state index in [0.717, 1.165) is 12.1 Å². The fourth-order valence-electron chi connectivity index (χ4n) is 1.90. The van der Waals surface area contributed by atoms with Gasteiger partial charge < -0.3 is 10.2 Å². The van der Waals surface area contributed by atoms with Crippen molar-refractivity contribution in [3.8, 4) is 0 Å². The summed E-state index contributed by atoms with van der Waals surface area (Å²) in [5, 5.41) is 2.96. The van der Waals surface area contributed by atoms with E-state index < -0.39 is 0 Å². The van der Waals surface area contributed by atoms with Crippen LogP contribution in [0.15, 0.2) is 18.2 Å². The number of nitrogens with one attached hydrogen (secondary N) is 1. The molecule has 0 aliphatic carbocycles. The van der Waals surface area contributed by atoms with E-state index in [2.05, 4.69) is 49.2 Å². The average molecular weight is 262 g/mol. The predicted molar refractivity (Wildman–Crippen MR) is 80.5 cm³/mol. The van der Waals surface area contributed by atoms with Crippen molar-refractivity contribution in [1.82, 2.24) is 10.2 Å². The summed E-state index contributed by atoms with van der Waals surface area (Å²) in [6, 6.07) is 6.41. The molecule has 0 saturated carbocycles. The first-order valence-electron chi connectivity index (χ1n) is 6.91. The first-order valence-corrected chi connectivity index (χ1v) is 6.91. The van der Waals surface area contributed by atoms with Crippen LogP contribution in [0.3, 0.4) is 0 Å². The minimum absolute atomic E-state index is 0.103. The first kappa shape index (κ1) is 15.7. The number of aryl methyl sites for hydroxylation is 1. The quantitative estimate of drug-likeness (QED) is 0.853. The molecule has 0 atom stereocenters. The van der Waals surface area contributed by atoms with Crippen LogP contribution >= 0.6 is 0 Å². The second kappa shape index (κ2) is 7.29. The van der Waals surface area contributed by atoms with Crippen LogP contribution in [0.1, 0.15) is 36.5 Å². The van der Waals surface area contributed by atoms with E-state index >= 15 is 0 Å². The Hall–Kier alpha value is -1.35. The Balaban J connectivity index is 2.60. The lowest BCUT2D eigenvalue weighted by Gasteiger charge is -2.13. The summed E-state index contributed by atoms with van der Waals surface area (Å²) in [4.78, 5) is 14.0. The number of hydrogen-bond donors (Lipinski definition) is 1. The molecule has 1 aromatic rings. The van der Waals surface area contributed by atoms with E-state index in [1.807, 2.05) is 14.1 Å². The van der Waals surface area contributed by atoms with Gasteiger partial charge in [0.2, 0.25) is 5.91 Å². The third kappa shape index (κ3) is 5.43. The molecule has 0 saturated heterocycles. The molecule has 0 heterocycles. The standard InChI is InChI=1S/C16H26N2O/c1-12(2)14-7-6-13(3)15(10-14)11-16(19)17-8-9-18(4)5/h6-7,10,12H,8-9,11H2,1-5H3,(H,17,19). The smallest absolute Gasteiger partial charge is 0.224 e. The molecule has 1 aromatic carbocycles. The molecule has 19 heavy (non-hydrogen) atoms. The van der Waals surface area contributed by atoms with Crippen LogP contribution in [-0.4, -0.2) is 38.0 Å². The van der Waals surface area contributed by atoms with Crippen molar-refractivity contribution in [2.75, 3.05) is 27.2 Å². The molecule has 1 rings (SSSR count). The molecule has 3 heteroatoms. The zero-order chi connectivity index (χ0) is 14.4. The summed E-state index contributed by atoms with van der Waals surface area (Å²) >= 11 is 0. The van der Waals surface area contributed by atoms with Crippen LogP contribution in [0, 0.1) is 6.92 Å². The van der Waals surface area contributed by atoms with Crippen LogP contribution in [0.25, 0.3) is 0 Å². The summed E-state index contributed by atoms with van der Waals surface area (Å²) in [5.74, 6) is 0.599. The Labute approximate surface area is 117 Å². The molecule has 0 spiro atoms. The van der Waals surface area contributed by atoms with Crippen molar-refractivity contribution < 1.29 is 4.79 Å². The van der Waals surface area contributed by atoms with Gasteiger partial charge in [-0.3, -0.25) is 4.79 Å². The van der Waals surface area contributed by atoms with Gasteiger partial charge in [-0.05, 0) is 43.6 Å². The molecule has 0 aliphatic rings. The predicted octanol–water partition coefficient (Wildman–Crippen LogP) is 2.34. The number of benzene rings is 1. The van der Waals surface area contributed by atoms with E-state index in [1.165, 1.54) is 11.1 Å². The van der Waals surface area contributed by atoms with Gasteiger partial charge in [0.05, 0.1) is 6.42 Å². The maximum atomic E-state index is 11.9. The Morgan fingerprint density at radius 1 is 1.32 bits per heavy atom. The van der Waals surface area contributed by atoms with Gasteiger partial charge in [0.25, 0.3) is 0 Å². The summed E-state index contributed by atoms with van der Waals surface area (Å²) in [6.45, 7) is 7.98. The number of amides is 1. The van der Waals surface area contributed by atoms with Gasteiger partial charge in [-0.25, -0.2) is 0 Å². The number of carbonyl (C=O) groups excluding carboxylic acids is 1. The monoisotopic (exact) mass is 262 g/mol. The highest BCUT2D eigenvalue weighted by Crippen LogP contribution is 2.18. The first-order chi connectivity index (χ1) is 8.90. The highest BCUT2D eigenvalue weighted by atomic mass is 16.1. The van der Waals surface area contributed by atoms with E-state index in [-0.39, 0.29) is 5.91 Å². The minimum Gasteiger partial charge on any atom is -0.355 e. The van der Waals surface area contributed by atoms with Crippen molar-refractivity contribution in [1.29, 1.82) is 0 Å². The Kier molecular flexibility index (Phi) is 6.03. The molecule has 1 amide bonds. The lowest BCUT2D eigenvalue weighted by molar-refractivity contribution is -0.120. The van der Waals surface area contributed by atoms with Gasteiger partial charge in [-0.15, -0.1) is 0 Å². The van der Waals surface area contributed by atoms with Gasteiger partial charge in [0.1, 0.15) is 0 Å². The zero-order valence-corrected chi connectivity index (χ0v) is 12.8. The van der Waals surface area contributed by atoms with Crippen LogP contribution in [0.5, 0.6) is 0 Å². The minimum atomic E-state index is 0.103. The lowest BCUT2D eigenvalue weighted by atomic mass is 9.96.